The molecular weight excluding hydrogens is 395 g/mol. The van der Waals surface area contributed by atoms with E-state index in [1.165, 1.54) is 0 Å². The Morgan fingerprint density at radius 3 is 2.61 bits per heavy atom. The zero-order chi connectivity index (χ0) is 21.4. The third kappa shape index (κ3) is 4.44. The lowest BCUT2D eigenvalue weighted by Gasteiger charge is -2.38. The standard InChI is InChI=1S/C23H27FN6O/c1-29-12-19(9-27-29)18-6-17-7-22(26-10-21(17)25-8-18)28-23(31)16-4-2-15(3-5-16)11-30-13-20(24)14-30/h6-10,12,15-16,20H,2-5,11,13-14H2,1H3,(H,26,28,31). The highest BCUT2D eigenvalue weighted by Gasteiger charge is 2.31. The predicted octanol–water partition coefficient (Wildman–Crippen LogP) is 3.43. The summed E-state index contributed by atoms with van der Waals surface area (Å²) in [4.78, 5) is 23.8. The summed E-state index contributed by atoms with van der Waals surface area (Å²) in [6.45, 7) is 2.12. The number of nitrogens with one attached hydrogen (secondary N) is 1. The Kier molecular flexibility index (Phi) is 5.40. The molecule has 0 spiro atoms. The first-order valence-electron chi connectivity index (χ1n) is 11.0. The van der Waals surface area contributed by atoms with Crippen molar-refractivity contribution in [3.63, 3.8) is 0 Å². The smallest absolute Gasteiger partial charge is 0.228 e. The zero-order valence-corrected chi connectivity index (χ0v) is 17.7. The van der Waals surface area contributed by atoms with Gasteiger partial charge < -0.3 is 5.32 Å². The number of hydrogen-bond donors (Lipinski definition) is 1. The second kappa shape index (κ2) is 8.34. The molecule has 31 heavy (non-hydrogen) atoms. The Morgan fingerprint density at radius 2 is 1.90 bits per heavy atom. The van der Waals surface area contributed by atoms with Crippen LogP contribution in [0.15, 0.2) is 36.9 Å². The first-order valence-corrected chi connectivity index (χ1v) is 11.0. The van der Waals surface area contributed by atoms with Gasteiger partial charge in [0.15, 0.2) is 0 Å². The number of hydrogen-bond acceptors (Lipinski definition) is 5. The third-order valence-electron chi connectivity index (χ3n) is 6.50. The summed E-state index contributed by atoms with van der Waals surface area (Å²) >= 11 is 0. The van der Waals surface area contributed by atoms with Crippen molar-refractivity contribution in [2.75, 3.05) is 25.0 Å². The van der Waals surface area contributed by atoms with Crippen molar-refractivity contribution in [2.24, 2.45) is 18.9 Å². The molecule has 2 fully saturated rings. The van der Waals surface area contributed by atoms with E-state index in [0.717, 1.165) is 54.3 Å². The number of alkyl halides is 1. The molecule has 7 nitrogen and oxygen atoms in total. The van der Waals surface area contributed by atoms with Crippen LogP contribution in [0.5, 0.6) is 0 Å². The number of fused-ring (bicyclic) bond motifs is 1. The number of aryl methyl sites for hydroxylation is 1. The van der Waals surface area contributed by atoms with Crippen molar-refractivity contribution >= 4 is 22.6 Å². The molecule has 162 valence electrons. The number of carbonyl (C=O) groups is 1. The van der Waals surface area contributed by atoms with E-state index in [1.807, 2.05) is 31.6 Å². The van der Waals surface area contributed by atoms with E-state index in [2.05, 4.69) is 25.3 Å². The highest BCUT2D eigenvalue weighted by molar-refractivity contribution is 5.94. The summed E-state index contributed by atoms with van der Waals surface area (Å²) in [7, 11) is 1.88. The van der Waals surface area contributed by atoms with Crippen LogP contribution in [0.2, 0.25) is 0 Å². The highest BCUT2D eigenvalue weighted by Crippen LogP contribution is 2.31. The first-order chi connectivity index (χ1) is 15.0. The van der Waals surface area contributed by atoms with E-state index in [9.17, 15) is 9.18 Å². The van der Waals surface area contributed by atoms with Crippen molar-refractivity contribution in [3.05, 3.63) is 36.9 Å². The topological polar surface area (TPSA) is 75.9 Å². The quantitative estimate of drug-likeness (QED) is 0.682. The number of rotatable bonds is 5. The van der Waals surface area contributed by atoms with E-state index in [1.54, 1.807) is 17.1 Å². The van der Waals surface area contributed by atoms with Crippen LogP contribution in [-0.4, -0.2) is 56.4 Å². The molecule has 1 amide bonds. The second-order valence-corrected chi connectivity index (χ2v) is 8.91. The highest BCUT2D eigenvalue weighted by atomic mass is 19.1. The fourth-order valence-electron chi connectivity index (χ4n) is 4.68. The molecule has 8 heteroatoms. The lowest BCUT2D eigenvalue weighted by atomic mass is 9.81. The molecule has 0 bridgehead atoms. The van der Waals surface area contributed by atoms with Gasteiger partial charge in [0.25, 0.3) is 0 Å². The first kappa shape index (κ1) is 20.1. The largest absolute Gasteiger partial charge is 0.310 e. The lowest BCUT2D eigenvalue weighted by Crippen LogP contribution is -2.50. The average Bonchev–Trinajstić information content (AvgIpc) is 3.19. The van der Waals surface area contributed by atoms with Gasteiger partial charge in [0.2, 0.25) is 5.91 Å². The van der Waals surface area contributed by atoms with Gasteiger partial charge in [0.05, 0.1) is 17.9 Å². The number of carbonyl (C=O) groups excluding carboxylic acids is 1. The van der Waals surface area contributed by atoms with Gasteiger partial charge in [0.1, 0.15) is 12.0 Å². The summed E-state index contributed by atoms with van der Waals surface area (Å²) < 4.78 is 14.8. The van der Waals surface area contributed by atoms with Gasteiger partial charge >= 0.3 is 0 Å². The number of nitrogens with zero attached hydrogens (tertiary/aromatic N) is 5. The Balaban J connectivity index is 1.21. The molecule has 4 heterocycles. The fourth-order valence-corrected chi connectivity index (χ4v) is 4.68. The maximum atomic E-state index is 13.0. The minimum Gasteiger partial charge on any atom is -0.310 e. The normalized spacial score (nSPS) is 22.4. The van der Waals surface area contributed by atoms with E-state index in [-0.39, 0.29) is 11.8 Å². The molecule has 3 aromatic rings. The number of halogens is 1. The molecule has 1 saturated carbocycles. The number of aromatic nitrogens is 4. The molecular formula is C23H27FN6O. The number of pyridine rings is 2. The number of anilines is 1. The Morgan fingerprint density at radius 1 is 1.10 bits per heavy atom. The van der Waals surface area contributed by atoms with Crippen molar-refractivity contribution in [2.45, 2.75) is 31.9 Å². The minimum atomic E-state index is -0.646. The molecule has 5 rings (SSSR count). The number of amides is 1. The van der Waals surface area contributed by atoms with E-state index < -0.39 is 6.17 Å². The van der Waals surface area contributed by atoms with Crippen LogP contribution in [0, 0.1) is 11.8 Å². The number of likely N-dealkylation sites (tertiary alicyclic amines) is 1. The summed E-state index contributed by atoms with van der Waals surface area (Å²) in [6, 6.07) is 3.92. The summed E-state index contributed by atoms with van der Waals surface area (Å²) in [5, 5.41) is 8.14. The Bertz CT molecular complexity index is 1080. The van der Waals surface area contributed by atoms with Gasteiger partial charge in [-0.05, 0) is 43.7 Å². The van der Waals surface area contributed by atoms with Crippen LogP contribution in [0.4, 0.5) is 10.2 Å². The van der Waals surface area contributed by atoms with Gasteiger partial charge in [-0.1, -0.05) is 0 Å². The second-order valence-electron chi connectivity index (χ2n) is 8.91. The van der Waals surface area contributed by atoms with E-state index in [4.69, 9.17) is 0 Å². The zero-order valence-electron chi connectivity index (χ0n) is 17.7. The molecule has 0 radical (unpaired) electrons. The van der Waals surface area contributed by atoms with Crippen LogP contribution < -0.4 is 5.32 Å². The summed E-state index contributed by atoms with van der Waals surface area (Å²) in [5.74, 6) is 1.18. The van der Waals surface area contributed by atoms with Gasteiger partial charge in [-0.15, -0.1) is 0 Å². The molecule has 1 aliphatic carbocycles. The third-order valence-corrected chi connectivity index (χ3v) is 6.50. The van der Waals surface area contributed by atoms with E-state index >= 15 is 0 Å². The molecule has 0 unspecified atom stereocenters. The van der Waals surface area contributed by atoms with Gasteiger partial charge in [-0.3, -0.25) is 19.4 Å². The molecule has 2 aliphatic rings. The lowest BCUT2D eigenvalue weighted by molar-refractivity contribution is -0.121. The van der Waals surface area contributed by atoms with E-state index in [0.29, 0.717) is 24.8 Å². The summed E-state index contributed by atoms with van der Waals surface area (Å²) in [6.07, 6.45) is 10.4. The predicted molar refractivity (Wildman–Crippen MR) is 117 cm³/mol. The van der Waals surface area contributed by atoms with Crippen LogP contribution in [-0.2, 0) is 11.8 Å². The van der Waals surface area contributed by atoms with Crippen LogP contribution in [0.1, 0.15) is 25.7 Å². The molecule has 1 aliphatic heterocycles. The monoisotopic (exact) mass is 422 g/mol. The molecule has 1 saturated heterocycles. The minimum absolute atomic E-state index is 0.0129. The molecule has 0 aromatic carbocycles. The Labute approximate surface area is 180 Å². The van der Waals surface area contributed by atoms with Crippen molar-refractivity contribution < 1.29 is 9.18 Å². The maximum Gasteiger partial charge on any atom is 0.228 e. The van der Waals surface area contributed by atoms with Crippen molar-refractivity contribution in [3.8, 4) is 11.1 Å². The van der Waals surface area contributed by atoms with Gasteiger partial charge in [0, 0.05) is 61.5 Å². The van der Waals surface area contributed by atoms with Crippen LogP contribution in [0.25, 0.3) is 22.0 Å². The molecule has 0 atom stereocenters. The summed E-state index contributed by atoms with van der Waals surface area (Å²) in [5.41, 5.74) is 2.76. The van der Waals surface area contributed by atoms with Crippen molar-refractivity contribution in [1.82, 2.24) is 24.6 Å². The fraction of sp³-hybridized carbons (Fsp3) is 0.478. The maximum absolute atomic E-state index is 13.0. The molecule has 3 aromatic heterocycles. The van der Waals surface area contributed by atoms with Crippen LogP contribution >= 0.6 is 0 Å². The SMILES string of the molecule is Cn1cc(-c2cnc3cnc(NC(=O)C4CCC(CN5CC(F)C5)CC4)cc3c2)cn1. The van der Waals surface area contributed by atoms with Crippen LogP contribution in [0.3, 0.4) is 0 Å². The Hall–Kier alpha value is -2.87. The average molecular weight is 423 g/mol. The molecule has 1 N–H and O–H groups in total. The van der Waals surface area contributed by atoms with Gasteiger partial charge in [-0.2, -0.15) is 5.10 Å². The van der Waals surface area contributed by atoms with Crippen molar-refractivity contribution in [1.29, 1.82) is 0 Å². The van der Waals surface area contributed by atoms with Gasteiger partial charge in [-0.25, -0.2) is 9.37 Å².